The van der Waals surface area contributed by atoms with Crippen molar-refractivity contribution in [1.82, 2.24) is 0 Å². The largest absolute Gasteiger partial charge is 0.378 e. The fraction of sp³-hybridized carbons (Fsp3) is 0.242. The van der Waals surface area contributed by atoms with Crippen molar-refractivity contribution in [3.8, 4) is 0 Å². The van der Waals surface area contributed by atoms with E-state index in [0.29, 0.717) is 40.6 Å². The van der Waals surface area contributed by atoms with Gasteiger partial charge in [0.2, 0.25) is 0 Å². The maximum Gasteiger partial charge on any atom is 0.261 e. The van der Waals surface area contributed by atoms with Crippen LogP contribution < -0.4 is 15.4 Å². The molecule has 3 N–H and O–H groups in total. The molecule has 4 aromatic rings. The van der Waals surface area contributed by atoms with Crippen LogP contribution in [0.15, 0.2) is 106 Å². The number of hydrogen-bond acceptors (Lipinski definition) is 4. The Hall–Kier alpha value is -3.62. The number of benzene rings is 4. The minimum Gasteiger partial charge on any atom is -0.378 e. The molecule has 208 valence electrons. The van der Waals surface area contributed by atoms with Crippen LogP contribution in [0.4, 0.5) is 17.1 Å². The van der Waals surface area contributed by atoms with Crippen molar-refractivity contribution in [1.29, 1.82) is 0 Å². The van der Waals surface area contributed by atoms with E-state index >= 15 is 0 Å². The molecule has 0 aromatic heterocycles. The van der Waals surface area contributed by atoms with Gasteiger partial charge in [0.1, 0.15) is 0 Å². The van der Waals surface area contributed by atoms with Gasteiger partial charge in [-0.1, -0.05) is 46.3 Å². The Morgan fingerprint density at radius 2 is 1.54 bits per heavy atom. The first kappa shape index (κ1) is 26.3. The average Bonchev–Trinajstić information content (AvgIpc) is 3.62. The molecule has 3 aliphatic rings. The van der Waals surface area contributed by atoms with Crippen molar-refractivity contribution in [2.75, 3.05) is 15.4 Å². The Labute approximate surface area is 248 Å². The van der Waals surface area contributed by atoms with Crippen molar-refractivity contribution in [2.24, 2.45) is 17.8 Å². The van der Waals surface area contributed by atoms with E-state index in [1.807, 2.05) is 12.1 Å². The second-order valence-electron chi connectivity index (χ2n) is 11.4. The van der Waals surface area contributed by atoms with Gasteiger partial charge in [-0.3, -0.25) is 9.52 Å². The molecule has 1 amide bonds. The summed E-state index contributed by atoms with van der Waals surface area (Å²) in [7, 11) is -3.76. The molecule has 0 spiro atoms. The van der Waals surface area contributed by atoms with Crippen LogP contribution in [0.3, 0.4) is 0 Å². The zero-order chi connectivity index (χ0) is 28.1. The Bertz CT molecular complexity index is 1710. The molecule has 2 bridgehead atoms. The van der Waals surface area contributed by atoms with E-state index in [2.05, 4.69) is 67.7 Å². The number of nitrogens with one attached hydrogen (secondary N) is 3. The van der Waals surface area contributed by atoms with Crippen LogP contribution in [-0.2, 0) is 10.0 Å². The van der Waals surface area contributed by atoms with Gasteiger partial charge < -0.3 is 10.6 Å². The summed E-state index contributed by atoms with van der Waals surface area (Å²) in [6.07, 6.45) is 3.81. The van der Waals surface area contributed by atoms with Gasteiger partial charge in [0, 0.05) is 27.1 Å². The Morgan fingerprint density at radius 3 is 2.29 bits per heavy atom. The van der Waals surface area contributed by atoms with Gasteiger partial charge in [0.05, 0.1) is 10.9 Å². The molecule has 0 unspecified atom stereocenters. The number of amides is 1. The number of anilines is 3. The lowest BCUT2D eigenvalue weighted by Crippen LogP contribution is -2.35. The third-order valence-electron chi connectivity index (χ3n) is 9.03. The molecule has 7 rings (SSSR count). The number of carbonyl (C=O) groups excluding carboxylic acids is 1. The van der Waals surface area contributed by atoms with Crippen LogP contribution in [0, 0.1) is 17.8 Å². The number of halogens is 1. The van der Waals surface area contributed by atoms with Crippen molar-refractivity contribution in [3.63, 3.8) is 0 Å². The third-order valence-corrected chi connectivity index (χ3v) is 11.0. The SMILES string of the molecule is O=C(Nc1ccc(S(=O)(=O)Nc2ccc(Br)cc2)cc1)c1ccc2c(c1)[C@@H]1[C@H]3CC[C@@H](C3)[C@@H]1[C@@H](c1ccccc1)N2. The lowest BCUT2D eigenvalue weighted by atomic mass is 9.68. The molecule has 41 heavy (non-hydrogen) atoms. The first-order valence-electron chi connectivity index (χ1n) is 14.0. The summed E-state index contributed by atoms with van der Waals surface area (Å²) >= 11 is 3.35. The van der Waals surface area contributed by atoms with Crippen molar-refractivity contribution in [2.45, 2.75) is 36.1 Å². The number of fused-ring (bicyclic) bond motifs is 7. The second kappa shape index (κ2) is 10.3. The fourth-order valence-corrected chi connectivity index (χ4v) is 8.59. The van der Waals surface area contributed by atoms with Gasteiger partial charge in [0.15, 0.2) is 0 Å². The molecule has 1 aliphatic heterocycles. The van der Waals surface area contributed by atoms with Crippen molar-refractivity contribution < 1.29 is 13.2 Å². The van der Waals surface area contributed by atoms with Crippen LogP contribution in [0.5, 0.6) is 0 Å². The van der Waals surface area contributed by atoms with Gasteiger partial charge in [-0.2, -0.15) is 0 Å². The fourth-order valence-electron chi connectivity index (χ4n) is 7.27. The van der Waals surface area contributed by atoms with E-state index in [0.717, 1.165) is 10.2 Å². The Kier molecular flexibility index (Phi) is 6.63. The highest BCUT2D eigenvalue weighted by Gasteiger charge is 2.53. The van der Waals surface area contributed by atoms with Gasteiger partial charge in [-0.15, -0.1) is 0 Å². The molecule has 0 saturated heterocycles. The number of rotatable bonds is 6. The molecule has 6 nitrogen and oxygen atoms in total. The predicted molar refractivity (Wildman–Crippen MR) is 166 cm³/mol. The van der Waals surface area contributed by atoms with E-state index in [1.165, 1.54) is 42.5 Å². The summed E-state index contributed by atoms with van der Waals surface area (Å²) < 4.78 is 29.1. The van der Waals surface area contributed by atoms with Crippen LogP contribution in [0.25, 0.3) is 0 Å². The number of carbonyl (C=O) groups is 1. The maximum absolute atomic E-state index is 13.3. The minimum absolute atomic E-state index is 0.119. The lowest BCUT2D eigenvalue weighted by molar-refractivity contribution is 0.102. The molecule has 2 fully saturated rings. The summed E-state index contributed by atoms with van der Waals surface area (Å²) in [5.41, 5.74) is 5.33. The molecule has 5 atom stereocenters. The number of hydrogen-bond donors (Lipinski definition) is 3. The molecule has 1 heterocycles. The van der Waals surface area contributed by atoms with E-state index in [9.17, 15) is 13.2 Å². The second-order valence-corrected chi connectivity index (χ2v) is 14.0. The smallest absolute Gasteiger partial charge is 0.261 e. The lowest BCUT2D eigenvalue weighted by Gasteiger charge is -2.43. The molecule has 2 saturated carbocycles. The van der Waals surface area contributed by atoms with E-state index < -0.39 is 10.0 Å². The van der Waals surface area contributed by atoms with Crippen LogP contribution in [0.2, 0.25) is 0 Å². The van der Waals surface area contributed by atoms with Crippen LogP contribution in [-0.4, -0.2) is 14.3 Å². The first-order chi connectivity index (χ1) is 19.9. The number of sulfonamides is 1. The zero-order valence-corrected chi connectivity index (χ0v) is 24.7. The molecule has 8 heteroatoms. The summed E-state index contributed by atoms with van der Waals surface area (Å²) in [6, 6.07) is 30.2. The highest BCUT2D eigenvalue weighted by atomic mass is 79.9. The van der Waals surface area contributed by atoms with Gasteiger partial charge in [0.25, 0.3) is 15.9 Å². The van der Waals surface area contributed by atoms with E-state index in [4.69, 9.17) is 0 Å². The van der Waals surface area contributed by atoms with Gasteiger partial charge >= 0.3 is 0 Å². The predicted octanol–water partition coefficient (Wildman–Crippen LogP) is 7.80. The highest BCUT2D eigenvalue weighted by molar-refractivity contribution is 9.10. The third kappa shape index (κ3) is 4.93. The van der Waals surface area contributed by atoms with Crippen LogP contribution >= 0.6 is 15.9 Å². The summed E-state index contributed by atoms with van der Waals surface area (Å²) in [5.74, 6) is 2.15. The van der Waals surface area contributed by atoms with Gasteiger partial charge in [-0.05, 0) is 121 Å². The zero-order valence-electron chi connectivity index (χ0n) is 22.3. The van der Waals surface area contributed by atoms with Crippen molar-refractivity contribution >= 4 is 48.9 Å². The minimum atomic E-state index is -3.76. The quantitative estimate of drug-likeness (QED) is 0.203. The Balaban J connectivity index is 1.10. The Morgan fingerprint density at radius 1 is 0.829 bits per heavy atom. The highest BCUT2D eigenvalue weighted by Crippen LogP contribution is 2.63. The summed E-state index contributed by atoms with van der Waals surface area (Å²) in [5, 5.41) is 6.78. The average molecular weight is 629 g/mol. The first-order valence-corrected chi connectivity index (χ1v) is 16.3. The molecule has 0 radical (unpaired) electrons. The summed E-state index contributed by atoms with van der Waals surface area (Å²) in [4.78, 5) is 13.4. The van der Waals surface area contributed by atoms with Crippen molar-refractivity contribution in [3.05, 3.63) is 118 Å². The maximum atomic E-state index is 13.3. The molecular formula is C33H30BrN3O3S. The summed E-state index contributed by atoms with van der Waals surface area (Å²) in [6.45, 7) is 0. The molecular weight excluding hydrogens is 598 g/mol. The standard InChI is InChI=1S/C33H30BrN3O3S/c34-24-9-11-26(12-10-24)37-41(39,40)27-15-13-25(14-16-27)35-33(38)23-8-17-29-28(19-23)30-21-6-7-22(18-21)31(30)32(36-29)20-4-2-1-3-5-20/h1-5,8-17,19,21-22,30-32,36-37H,6-7,18H2,(H,35,38)/t21-,22-,30-,31-,32+/m0/s1. The molecule has 4 aromatic carbocycles. The molecule has 2 aliphatic carbocycles. The van der Waals surface area contributed by atoms with E-state index in [-0.39, 0.29) is 16.8 Å². The van der Waals surface area contributed by atoms with Gasteiger partial charge in [-0.25, -0.2) is 8.42 Å². The topological polar surface area (TPSA) is 87.3 Å². The van der Waals surface area contributed by atoms with E-state index in [1.54, 1.807) is 36.4 Å². The normalized spacial score (nSPS) is 24.2. The monoisotopic (exact) mass is 627 g/mol. The van der Waals surface area contributed by atoms with Crippen LogP contribution in [0.1, 0.15) is 52.7 Å².